The highest BCUT2D eigenvalue weighted by atomic mass is 33.2. The number of piperidine rings is 1. The zero-order valence-corrected chi connectivity index (χ0v) is 15.7. The third-order valence-electron chi connectivity index (χ3n) is 4.63. The lowest BCUT2D eigenvalue weighted by atomic mass is 9.99. The van der Waals surface area contributed by atoms with Crippen molar-refractivity contribution in [2.24, 2.45) is 5.92 Å². The quantitative estimate of drug-likeness (QED) is 0.635. The number of rotatable bonds is 6. The highest BCUT2D eigenvalue weighted by Gasteiger charge is 2.27. The number of likely N-dealkylation sites (tertiary alicyclic amines) is 1. The number of hydrogen-bond donors (Lipinski definition) is 1. The molecule has 1 unspecified atom stereocenters. The van der Waals surface area contributed by atoms with Gasteiger partial charge in [0.2, 0.25) is 8.87 Å². The van der Waals surface area contributed by atoms with Gasteiger partial charge in [-0.1, -0.05) is 31.5 Å². The summed E-state index contributed by atoms with van der Waals surface area (Å²) >= 11 is 0. The van der Waals surface area contributed by atoms with E-state index in [0.29, 0.717) is 10.8 Å². The summed E-state index contributed by atoms with van der Waals surface area (Å²) in [5.74, 6) is 2.22. The molecule has 1 heterocycles. The topological polar surface area (TPSA) is 37.4 Å². The molecule has 0 spiro atoms. The van der Waals surface area contributed by atoms with Gasteiger partial charge in [0.15, 0.2) is 0 Å². The van der Waals surface area contributed by atoms with Crippen molar-refractivity contribution in [3.05, 3.63) is 29.8 Å². The van der Waals surface area contributed by atoms with Crippen LogP contribution < -0.4 is 0 Å². The van der Waals surface area contributed by atoms with Gasteiger partial charge in [0.05, 0.1) is 4.90 Å². The lowest BCUT2D eigenvalue weighted by molar-refractivity contribution is 0.203. The van der Waals surface area contributed by atoms with Crippen molar-refractivity contribution >= 4 is 18.8 Å². The average molecular weight is 344 g/mol. The summed E-state index contributed by atoms with van der Waals surface area (Å²) in [6.07, 6.45) is 2.30. The molecule has 0 amide bonds. The monoisotopic (exact) mass is 343 g/mol. The first-order chi connectivity index (χ1) is 10.5. The summed E-state index contributed by atoms with van der Waals surface area (Å²) in [7, 11) is -4.11. The van der Waals surface area contributed by atoms with Crippen LogP contribution in [0.2, 0.25) is 0 Å². The number of thiol groups is 1. The Balaban J connectivity index is 2.06. The lowest BCUT2D eigenvalue weighted by Gasteiger charge is -2.33. The van der Waals surface area contributed by atoms with E-state index in [4.69, 9.17) is 0 Å². The van der Waals surface area contributed by atoms with E-state index in [1.165, 1.54) is 0 Å². The van der Waals surface area contributed by atoms with Crippen LogP contribution in [0.15, 0.2) is 29.2 Å². The largest absolute Gasteiger partial charge is 0.304 e. The molecule has 22 heavy (non-hydrogen) atoms. The highest BCUT2D eigenvalue weighted by molar-refractivity contribution is 8.81. The van der Waals surface area contributed by atoms with E-state index in [1.54, 1.807) is 12.1 Å². The minimum absolute atomic E-state index is 0.511. The molecule has 0 saturated carbocycles. The van der Waals surface area contributed by atoms with Crippen LogP contribution >= 0.6 is 9.93 Å². The van der Waals surface area contributed by atoms with Crippen molar-refractivity contribution in [2.75, 3.05) is 31.1 Å². The molecule has 126 valence electrons. The number of hydrogen-bond acceptors (Lipinski definition) is 3. The van der Waals surface area contributed by atoms with Crippen LogP contribution in [0, 0.1) is 12.8 Å². The molecule has 0 bridgehead atoms. The first kappa shape index (κ1) is 17.8. The van der Waals surface area contributed by atoms with Gasteiger partial charge in [-0.25, -0.2) is 8.42 Å². The van der Waals surface area contributed by atoms with Crippen molar-refractivity contribution in [3.63, 3.8) is 0 Å². The fraction of sp³-hybridized carbons (Fsp3) is 0.647. The maximum absolute atomic E-state index is 12.9. The van der Waals surface area contributed by atoms with E-state index in [0.717, 1.165) is 49.5 Å². The smallest absolute Gasteiger partial charge is 0.210 e. The van der Waals surface area contributed by atoms with Crippen molar-refractivity contribution < 1.29 is 8.42 Å². The van der Waals surface area contributed by atoms with Gasteiger partial charge in [0.25, 0.3) is 0 Å². The SMILES string of the molecule is CCN1CCC(C[SH](CC)S(=O)(=O)c2ccc(C)cc2)CC1. The van der Waals surface area contributed by atoms with Gasteiger partial charge in [0, 0.05) is 0 Å². The number of aryl methyl sites for hydroxylation is 1. The Morgan fingerprint density at radius 3 is 2.23 bits per heavy atom. The predicted octanol–water partition coefficient (Wildman–Crippen LogP) is 3.44. The Bertz CT molecular complexity index is 561. The fourth-order valence-electron chi connectivity index (χ4n) is 3.03. The van der Waals surface area contributed by atoms with Crippen LogP contribution in [-0.2, 0) is 8.87 Å². The molecule has 1 atom stereocenters. The molecule has 2 rings (SSSR count). The zero-order chi connectivity index (χ0) is 16.2. The van der Waals surface area contributed by atoms with Crippen LogP contribution in [0.3, 0.4) is 0 Å². The van der Waals surface area contributed by atoms with E-state index in [9.17, 15) is 8.42 Å². The maximum atomic E-state index is 12.9. The van der Waals surface area contributed by atoms with E-state index in [-0.39, 0.29) is 0 Å². The summed E-state index contributed by atoms with van der Waals surface area (Å²) < 4.78 is 25.8. The second kappa shape index (κ2) is 7.84. The van der Waals surface area contributed by atoms with Gasteiger partial charge in [-0.15, -0.1) is 9.93 Å². The molecule has 1 aromatic rings. The highest BCUT2D eigenvalue weighted by Crippen LogP contribution is 2.41. The van der Waals surface area contributed by atoms with Crippen molar-refractivity contribution in [1.82, 2.24) is 4.90 Å². The number of nitrogens with zero attached hydrogens (tertiary/aromatic N) is 1. The number of benzene rings is 1. The van der Waals surface area contributed by atoms with Crippen LogP contribution in [0.4, 0.5) is 0 Å². The minimum Gasteiger partial charge on any atom is -0.304 e. The minimum atomic E-state index is -3.14. The van der Waals surface area contributed by atoms with Crippen molar-refractivity contribution in [3.8, 4) is 0 Å². The Morgan fingerprint density at radius 2 is 1.73 bits per heavy atom. The molecular formula is C17H29NO2S2. The molecule has 5 heteroatoms. The summed E-state index contributed by atoms with van der Waals surface area (Å²) in [6.45, 7) is 9.56. The Hall–Kier alpha value is -0.520. The van der Waals surface area contributed by atoms with Crippen molar-refractivity contribution in [2.45, 2.75) is 38.5 Å². The molecule has 0 aliphatic carbocycles. The molecule has 1 saturated heterocycles. The molecular weight excluding hydrogens is 314 g/mol. The van der Waals surface area contributed by atoms with E-state index < -0.39 is 18.8 Å². The second-order valence-corrected chi connectivity index (χ2v) is 12.5. The van der Waals surface area contributed by atoms with Crippen LogP contribution in [-0.4, -0.2) is 44.5 Å². The maximum Gasteiger partial charge on any atom is 0.210 e. The summed E-state index contributed by atoms with van der Waals surface area (Å²) in [5, 5.41) is 0. The average Bonchev–Trinajstić information content (AvgIpc) is 2.53. The Labute approximate surface area is 137 Å². The third-order valence-corrected chi connectivity index (χ3v) is 11.7. The van der Waals surface area contributed by atoms with E-state index >= 15 is 0 Å². The van der Waals surface area contributed by atoms with Gasteiger partial charge < -0.3 is 4.90 Å². The molecule has 0 radical (unpaired) electrons. The lowest BCUT2D eigenvalue weighted by Crippen LogP contribution is -2.34. The van der Waals surface area contributed by atoms with E-state index in [2.05, 4.69) is 11.8 Å². The molecule has 0 aromatic heterocycles. The van der Waals surface area contributed by atoms with Crippen LogP contribution in [0.1, 0.15) is 32.3 Å². The van der Waals surface area contributed by atoms with Crippen molar-refractivity contribution in [1.29, 1.82) is 0 Å². The molecule has 1 aliphatic rings. The summed E-state index contributed by atoms with van der Waals surface area (Å²) in [6, 6.07) is 7.34. The molecule has 0 N–H and O–H groups in total. The normalized spacial score (nSPS) is 20.0. The Kier molecular flexibility index (Phi) is 6.36. The first-order valence-corrected chi connectivity index (χ1v) is 12.1. The standard InChI is InChI=1S/C17H29NO2S2/c1-4-18-12-10-16(11-13-18)14-21(5-2)22(19,20)17-8-6-15(3)7-9-17/h6-9,16,21H,4-5,10-14H2,1-3H3. The molecule has 1 aliphatic heterocycles. The first-order valence-electron chi connectivity index (χ1n) is 8.26. The van der Waals surface area contributed by atoms with Gasteiger partial charge in [-0.05, 0) is 69.0 Å². The van der Waals surface area contributed by atoms with Crippen LogP contribution in [0.5, 0.6) is 0 Å². The van der Waals surface area contributed by atoms with Gasteiger partial charge >= 0.3 is 0 Å². The van der Waals surface area contributed by atoms with Gasteiger partial charge in [0.1, 0.15) is 0 Å². The molecule has 1 fully saturated rings. The van der Waals surface area contributed by atoms with Crippen LogP contribution in [0.25, 0.3) is 0 Å². The zero-order valence-electron chi connectivity index (χ0n) is 14.0. The Morgan fingerprint density at radius 1 is 1.14 bits per heavy atom. The fourth-order valence-corrected chi connectivity index (χ4v) is 9.04. The molecule has 1 aromatic carbocycles. The summed E-state index contributed by atoms with van der Waals surface area (Å²) in [4.78, 5) is 2.97. The van der Waals surface area contributed by atoms with Gasteiger partial charge in [-0.2, -0.15) is 0 Å². The van der Waals surface area contributed by atoms with E-state index in [1.807, 2.05) is 26.0 Å². The second-order valence-electron chi connectivity index (χ2n) is 6.15. The third kappa shape index (κ3) is 4.27. The molecule has 3 nitrogen and oxygen atoms in total. The predicted molar refractivity (Wildman–Crippen MR) is 97.6 cm³/mol. The van der Waals surface area contributed by atoms with Gasteiger partial charge in [-0.3, -0.25) is 0 Å². The summed E-state index contributed by atoms with van der Waals surface area (Å²) in [5.41, 5.74) is 1.10.